The Labute approximate surface area is 138 Å². The highest BCUT2D eigenvalue weighted by atomic mass is 16.2. The number of aromatic nitrogens is 2. The zero-order valence-electron chi connectivity index (χ0n) is 14.3. The van der Waals surface area contributed by atoms with Crippen molar-refractivity contribution in [2.45, 2.75) is 52.5 Å². The van der Waals surface area contributed by atoms with E-state index in [2.05, 4.69) is 15.2 Å². The Balaban J connectivity index is 1.89. The average Bonchev–Trinajstić information content (AvgIpc) is 2.83. The van der Waals surface area contributed by atoms with Gasteiger partial charge in [-0.15, -0.1) is 0 Å². The lowest BCUT2D eigenvalue weighted by atomic mass is 10.1. The monoisotopic (exact) mass is 317 g/mol. The predicted molar refractivity (Wildman–Crippen MR) is 90.6 cm³/mol. The van der Waals surface area contributed by atoms with Gasteiger partial charge in [0.15, 0.2) is 0 Å². The van der Waals surface area contributed by atoms with Gasteiger partial charge >= 0.3 is 6.03 Å². The van der Waals surface area contributed by atoms with Crippen LogP contribution < -0.4 is 10.2 Å². The highest BCUT2D eigenvalue weighted by Crippen LogP contribution is 2.28. The lowest BCUT2D eigenvalue weighted by molar-refractivity contribution is 0.192. The number of amides is 2. The van der Waals surface area contributed by atoms with Crippen molar-refractivity contribution in [3.8, 4) is 0 Å². The van der Waals surface area contributed by atoms with Crippen molar-refractivity contribution in [3.05, 3.63) is 17.1 Å². The summed E-state index contributed by atoms with van der Waals surface area (Å²) in [6.45, 7) is 8.05. The van der Waals surface area contributed by atoms with Crippen LogP contribution >= 0.6 is 0 Å². The molecule has 1 fully saturated rings. The molecule has 3 heterocycles. The summed E-state index contributed by atoms with van der Waals surface area (Å²) in [5.74, 6) is 1.90. The number of fused-ring (bicyclic) bond motifs is 1. The van der Waals surface area contributed by atoms with E-state index in [0.717, 1.165) is 49.0 Å². The summed E-state index contributed by atoms with van der Waals surface area (Å²) in [5, 5.41) is 2.90. The minimum absolute atomic E-state index is 0.0144. The van der Waals surface area contributed by atoms with Gasteiger partial charge in [0.25, 0.3) is 0 Å². The highest BCUT2D eigenvalue weighted by Gasteiger charge is 2.27. The van der Waals surface area contributed by atoms with E-state index in [1.54, 1.807) is 0 Å². The van der Waals surface area contributed by atoms with E-state index in [1.807, 2.05) is 18.7 Å². The fourth-order valence-electron chi connectivity index (χ4n) is 3.50. The summed E-state index contributed by atoms with van der Waals surface area (Å²) >= 11 is 0. The molecule has 1 N–H and O–H groups in total. The molecule has 0 radical (unpaired) electrons. The van der Waals surface area contributed by atoms with Gasteiger partial charge in [-0.3, -0.25) is 0 Å². The lowest BCUT2D eigenvalue weighted by Gasteiger charge is -2.32. The number of hydrogen-bond donors (Lipinski definition) is 1. The SMILES string of the molecule is CCNC(=O)N1CCc2nc(C)nc(N3CCCCCC3)c2C1. The molecule has 2 amide bonds. The largest absolute Gasteiger partial charge is 0.356 e. The molecule has 6 nitrogen and oxygen atoms in total. The molecule has 0 unspecified atom stereocenters. The maximum absolute atomic E-state index is 12.2. The van der Waals surface area contributed by atoms with Gasteiger partial charge in [-0.2, -0.15) is 0 Å². The van der Waals surface area contributed by atoms with E-state index in [4.69, 9.17) is 4.98 Å². The standard InChI is InChI=1S/C17H27N5O/c1-3-18-17(23)22-11-8-15-14(12-22)16(20-13(2)19-15)21-9-6-4-5-7-10-21/h3-12H2,1-2H3,(H,18,23). The molecule has 23 heavy (non-hydrogen) atoms. The number of carbonyl (C=O) groups is 1. The van der Waals surface area contributed by atoms with Gasteiger partial charge in [-0.1, -0.05) is 12.8 Å². The molecule has 0 bridgehead atoms. The maximum Gasteiger partial charge on any atom is 0.317 e. The molecule has 0 saturated carbocycles. The highest BCUT2D eigenvalue weighted by molar-refractivity contribution is 5.74. The molecule has 0 aromatic carbocycles. The van der Waals surface area contributed by atoms with Gasteiger partial charge in [-0.05, 0) is 26.7 Å². The third kappa shape index (κ3) is 3.57. The summed E-state index contributed by atoms with van der Waals surface area (Å²) in [5.41, 5.74) is 2.27. The third-order valence-corrected chi connectivity index (χ3v) is 4.67. The smallest absolute Gasteiger partial charge is 0.317 e. The van der Waals surface area contributed by atoms with E-state index >= 15 is 0 Å². The summed E-state index contributed by atoms with van der Waals surface area (Å²) in [7, 11) is 0. The Morgan fingerprint density at radius 3 is 2.57 bits per heavy atom. The summed E-state index contributed by atoms with van der Waals surface area (Å²) in [6.07, 6.45) is 5.86. The molecule has 6 heteroatoms. The number of nitrogens with zero attached hydrogens (tertiary/aromatic N) is 4. The molecule has 0 spiro atoms. The Hall–Kier alpha value is -1.85. The fraction of sp³-hybridized carbons (Fsp3) is 0.706. The van der Waals surface area contributed by atoms with Crippen LogP contribution in [0.2, 0.25) is 0 Å². The van der Waals surface area contributed by atoms with Crippen molar-refractivity contribution in [1.29, 1.82) is 0 Å². The van der Waals surface area contributed by atoms with Gasteiger partial charge in [0.1, 0.15) is 11.6 Å². The van der Waals surface area contributed by atoms with Crippen LogP contribution in [0.5, 0.6) is 0 Å². The summed E-state index contributed by atoms with van der Waals surface area (Å²) in [4.78, 5) is 25.8. The van der Waals surface area contributed by atoms with Crippen molar-refractivity contribution < 1.29 is 4.79 Å². The van der Waals surface area contributed by atoms with Crippen molar-refractivity contribution in [2.75, 3.05) is 31.1 Å². The van der Waals surface area contributed by atoms with E-state index < -0.39 is 0 Å². The lowest BCUT2D eigenvalue weighted by Crippen LogP contribution is -2.43. The molecular weight excluding hydrogens is 290 g/mol. The zero-order valence-corrected chi connectivity index (χ0v) is 14.3. The first-order chi connectivity index (χ1) is 11.2. The van der Waals surface area contributed by atoms with Crippen LogP contribution in [0.25, 0.3) is 0 Å². The van der Waals surface area contributed by atoms with Crippen LogP contribution in [-0.2, 0) is 13.0 Å². The zero-order chi connectivity index (χ0) is 16.2. The van der Waals surface area contributed by atoms with Crippen molar-refractivity contribution in [3.63, 3.8) is 0 Å². The molecule has 2 aliphatic rings. The number of hydrogen-bond acceptors (Lipinski definition) is 4. The first kappa shape index (κ1) is 16.0. The number of nitrogens with one attached hydrogen (secondary N) is 1. The quantitative estimate of drug-likeness (QED) is 0.909. The summed E-state index contributed by atoms with van der Waals surface area (Å²) < 4.78 is 0. The minimum atomic E-state index is 0.0144. The van der Waals surface area contributed by atoms with Crippen LogP contribution in [0.15, 0.2) is 0 Å². The van der Waals surface area contributed by atoms with Gasteiger partial charge in [0.2, 0.25) is 0 Å². The molecule has 2 aliphatic heterocycles. The molecular formula is C17H27N5O. The summed E-state index contributed by atoms with van der Waals surface area (Å²) in [6, 6.07) is 0.0144. The molecule has 3 rings (SSSR count). The van der Waals surface area contributed by atoms with E-state index in [9.17, 15) is 4.79 Å². The van der Waals surface area contributed by atoms with Crippen molar-refractivity contribution >= 4 is 11.8 Å². The van der Waals surface area contributed by atoms with E-state index in [-0.39, 0.29) is 6.03 Å². The van der Waals surface area contributed by atoms with Crippen LogP contribution in [0.1, 0.15) is 49.7 Å². The predicted octanol–water partition coefficient (Wildman–Crippen LogP) is 2.25. The van der Waals surface area contributed by atoms with Crippen molar-refractivity contribution in [1.82, 2.24) is 20.2 Å². The van der Waals surface area contributed by atoms with Crippen molar-refractivity contribution in [2.24, 2.45) is 0 Å². The Morgan fingerprint density at radius 2 is 1.87 bits per heavy atom. The Kier molecular flexibility index (Phi) is 4.98. The van der Waals surface area contributed by atoms with E-state index in [0.29, 0.717) is 13.1 Å². The van der Waals surface area contributed by atoms with Crippen LogP contribution in [0.3, 0.4) is 0 Å². The number of carbonyl (C=O) groups excluding carboxylic acids is 1. The van der Waals surface area contributed by atoms with Gasteiger partial charge in [-0.25, -0.2) is 14.8 Å². The first-order valence-electron chi connectivity index (χ1n) is 8.83. The van der Waals surface area contributed by atoms with Crippen LogP contribution in [0.4, 0.5) is 10.6 Å². The molecule has 1 aromatic rings. The molecule has 0 atom stereocenters. The molecule has 126 valence electrons. The second-order valence-corrected chi connectivity index (χ2v) is 6.43. The Bertz CT molecular complexity index is 566. The van der Waals surface area contributed by atoms with E-state index in [1.165, 1.54) is 25.7 Å². The number of urea groups is 1. The Morgan fingerprint density at radius 1 is 1.13 bits per heavy atom. The normalized spacial score (nSPS) is 18.3. The first-order valence-corrected chi connectivity index (χ1v) is 8.83. The number of anilines is 1. The molecule has 1 saturated heterocycles. The molecule has 0 aliphatic carbocycles. The van der Waals surface area contributed by atoms with Gasteiger partial charge < -0.3 is 15.1 Å². The number of aryl methyl sites for hydroxylation is 1. The molecule has 1 aromatic heterocycles. The third-order valence-electron chi connectivity index (χ3n) is 4.67. The topological polar surface area (TPSA) is 61.4 Å². The number of rotatable bonds is 2. The maximum atomic E-state index is 12.2. The second kappa shape index (κ2) is 7.15. The van der Waals surface area contributed by atoms with Gasteiger partial charge in [0.05, 0.1) is 12.2 Å². The minimum Gasteiger partial charge on any atom is -0.356 e. The van der Waals surface area contributed by atoms with Crippen LogP contribution in [-0.4, -0.2) is 47.1 Å². The fourth-order valence-corrected chi connectivity index (χ4v) is 3.50. The van der Waals surface area contributed by atoms with Gasteiger partial charge in [0, 0.05) is 38.2 Å². The van der Waals surface area contributed by atoms with Crippen LogP contribution in [0, 0.1) is 6.92 Å². The second-order valence-electron chi connectivity index (χ2n) is 6.43. The average molecular weight is 317 g/mol.